The second kappa shape index (κ2) is 11.8. The largest absolute Gasteiger partial charge is 0.481 e. The molecule has 2 aliphatic heterocycles. The van der Waals surface area contributed by atoms with Crippen LogP contribution < -0.4 is 5.56 Å². The Balaban J connectivity index is 1.56. The lowest BCUT2D eigenvalue weighted by atomic mass is 9.94. The number of oxime groups is 1. The number of benzene rings is 1. The summed E-state index contributed by atoms with van der Waals surface area (Å²) in [6.07, 6.45) is 14.9. The summed E-state index contributed by atoms with van der Waals surface area (Å²) in [5, 5.41) is 13.3. The van der Waals surface area contributed by atoms with E-state index >= 15 is 0 Å². The summed E-state index contributed by atoms with van der Waals surface area (Å²) in [6, 6.07) is 9.32. The molecule has 1 N–H and O–H groups in total. The van der Waals surface area contributed by atoms with Gasteiger partial charge in [-0.1, -0.05) is 62.2 Å². The van der Waals surface area contributed by atoms with Crippen LogP contribution >= 0.6 is 0 Å². The molecule has 5 rings (SSSR count). The summed E-state index contributed by atoms with van der Waals surface area (Å²) < 4.78 is 1.97. The summed E-state index contributed by atoms with van der Waals surface area (Å²) in [7, 11) is 1.41. The highest BCUT2D eigenvalue weighted by Gasteiger charge is 2.47. The highest BCUT2D eigenvalue weighted by Crippen LogP contribution is 2.45. The standard InChI is InChI=1S/C29H40N4O4/c1-37-31-23(17-18-27(34)35)28-29(36)33(24-15-9-8-14-22(24)30-28)26-19-21-13-10-16-25(26)32(21)20-11-6-4-2-3-5-7-12-20/h8-9,14-15,20-21,25-26H,2-7,10-13,16-19H2,1H3,(H,34,35)/b31-23+/t21-,25+,26+/m0/s1. The molecule has 8 nitrogen and oxygen atoms in total. The number of carboxylic acid groups (broad SMARTS) is 1. The molecule has 1 aliphatic carbocycles. The minimum Gasteiger partial charge on any atom is -0.481 e. The summed E-state index contributed by atoms with van der Waals surface area (Å²) in [6.45, 7) is 0. The fourth-order valence-corrected chi connectivity index (χ4v) is 7.17. The van der Waals surface area contributed by atoms with E-state index in [1.165, 1.54) is 71.3 Å². The number of piperidine rings is 1. The van der Waals surface area contributed by atoms with E-state index < -0.39 is 5.97 Å². The van der Waals surface area contributed by atoms with Gasteiger partial charge in [0.1, 0.15) is 12.8 Å². The Bertz CT molecular complexity index is 1180. The average Bonchev–Trinajstić information content (AvgIpc) is 3.19. The van der Waals surface area contributed by atoms with E-state index in [0.717, 1.165) is 23.9 Å². The number of aliphatic carboxylic acids is 1. The molecule has 0 unspecified atom stereocenters. The van der Waals surface area contributed by atoms with Gasteiger partial charge >= 0.3 is 5.97 Å². The molecule has 3 atom stereocenters. The molecule has 1 aromatic carbocycles. The quantitative estimate of drug-likeness (QED) is 0.404. The third-order valence-electron chi connectivity index (χ3n) is 8.72. The van der Waals surface area contributed by atoms with E-state index in [-0.39, 0.29) is 30.1 Å². The zero-order valence-electron chi connectivity index (χ0n) is 22.0. The van der Waals surface area contributed by atoms with Gasteiger partial charge in [-0.15, -0.1) is 0 Å². The van der Waals surface area contributed by atoms with E-state index in [0.29, 0.717) is 23.8 Å². The first-order chi connectivity index (χ1) is 18.1. The van der Waals surface area contributed by atoms with Crippen LogP contribution in [0.3, 0.4) is 0 Å². The van der Waals surface area contributed by atoms with Crippen LogP contribution in [0.25, 0.3) is 11.0 Å². The number of hydrogen-bond acceptors (Lipinski definition) is 6. The van der Waals surface area contributed by atoms with Crippen molar-refractivity contribution in [2.75, 3.05) is 7.11 Å². The molecule has 0 radical (unpaired) electrons. The van der Waals surface area contributed by atoms with Gasteiger partial charge < -0.3 is 14.5 Å². The summed E-state index contributed by atoms with van der Waals surface area (Å²) in [4.78, 5) is 37.9. The van der Waals surface area contributed by atoms with Gasteiger partial charge in [0, 0.05) is 24.5 Å². The normalized spacial score (nSPS) is 26.0. The summed E-state index contributed by atoms with van der Waals surface area (Å²) in [5.74, 6) is -0.944. The van der Waals surface area contributed by atoms with Crippen molar-refractivity contribution in [2.24, 2.45) is 5.16 Å². The van der Waals surface area contributed by atoms with Crippen LogP contribution in [0.4, 0.5) is 0 Å². The molecule has 3 fully saturated rings. The van der Waals surface area contributed by atoms with Crippen LogP contribution in [-0.4, -0.2) is 56.5 Å². The monoisotopic (exact) mass is 508 g/mol. The first-order valence-corrected chi connectivity index (χ1v) is 14.2. The molecule has 2 saturated heterocycles. The lowest BCUT2D eigenvalue weighted by molar-refractivity contribution is -0.136. The van der Waals surface area contributed by atoms with E-state index in [1.807, 2.05) is 28.8 Å². The number of hydrogen-bond donors (Lipinski definition) is 1. The van der Waals surface area contributed by atoms with Gasteiger partial charge in [0.2, 0.25) is 0 Å². The van der Waals surface area contributed by atoms with Crippen molar-refractivity contribution < 1.29 is 14.7 Å². The van der Waals surface area contributed by atoms with Gasteiger partial charge in [0.05, 0.1) is 23.5 Å². The Kier molecular flexibility index (Phi) is 8.23. The van der Waals surface area contributed by atoms with Gasteiger partial charge in [-0.05, 0) is 44.2 Å². The zero-order valence-corrected chi connectivity index (χ0v) is 22.0. The maximum atomic E-state index is 14.1. The number of carboxylic acids is 1. The van der Waals surface area contributed by atoms with Crippen molar-refractivity contribution in [3.8, 4) is 0 Å². The van der Waals surface area contributed by atoms with Gasteiger partial charge in [0.15, 0.2) is 5.69 Å². The Morgan fingerprint density at radius 2 is 1.68 bits per heavy atom. The third kappa shape index (κ3) is 5.44. The van der Waals surface area contributed by atoms with Crippen molar-refractivity contribution in [2.45, 2.75) is 114 Å². The topological polar surface area (TPSA) is 97.0 Å². The molecular formula is C29H40N4O4. The second-order valence-corrected chi connectivity index (χ2v) is 11.0. The molecule has 1 aromatic heterocycles. The smallest absolute Gasteiger partial charge is 0.303 e. The number of nitrogens with zero attached hydrogens (tertiary/aromatic N) is 4. The highest BCUT2D eigenvalue weighted by atomic mass is 16.6. The summed E-state index contributed by atoms with van der Waals surface area (Å²) in [5.41, 5.74) is 1.89. The number of para-hydroxylation sites is 2. The fraction of sp³-hybridized carbons (Fsp3) is 0.655. The van der Waals surface area contributed by atoms with Crippen LogP contribution in [0.15, 0.2) is 34.2 Å². The molecule has 1 saturated carbocycles. The van der Waals surface area contributed by atoms with Gasteiger partial charge in [-0.2, -0.15) is 0 Å². The Labute approximate surface area is 218 Å². The van der Waals surface area contributed by atoms with E-state index in [9.17, 15) is 14.7 Å². The van der Waals surface area contributed by atoms with Crippen molar-refractivity contribution in [1.29, 1.82) is 0 Å². The minimum absolute atomic E-state index is 0.0718. The van der Waals surface area contributed by atoms with Gasteiger partial charge in [-0.3, -0.25) is 14.5 Å². The van der Waals surface area contributed by atoms with Crippen molar-refractivity contribution in [3.05, 3.63) is 40.3 Å². The van der Waals surface area contributed by atoms with Crippen molar-refractivity contribution in [3.63, 3.8) is 0 Å². The maximum absolute atomic E-state index is 14.1. The number of fused-ring (bicyclic) bond motifs is 3. The first-order valence-electron chi connectivity index (χ1n) is 14.2. The number of carbonyl (C=O) groups is 1. The lowest BCUT2D eigenvalue weighted by Gasteiger charge is -2.42. The number of rotatable bonds is 7. The molecule has 8 heteroatoms. The van der Waals surface area contributed by atoms with Crippen LogP contribution in [0, 0.1) is 0 Å². The molecule has 2 aromatic rings. The summed E-state index contributed by atoms with van der Waals surface area (Å²) >= 11 is 0. The molecule has 3 aliphatic rings. The second-order valence-electron chi connectivity index (χ2n) is 11.0. The molecule has 2 bridgehead atoms. The number of aromatic nitrogens is 2. The first kappa shape index (κ1) is 25.9. The Morgan fingerprint density at radius 3 is 2.41 bits per heavy atom. The minimum atomic E-state index is -0.944. The van der Waals surface area contributed by atoms with Crippen LogP contribution in [0.1, 0.15) is 102 Å². The van der Waals surface area contributed by atoms with Crippen LogP contribution in [-0.2, 0) is 9.63 Å². The van der Waals surface area contributed by atoms with E-state index in [4.69, 9.17) is 4.84 Å². The van der Waals surface area contributed by atoms with E-state index in [2.05, 4.69) is 15.0 Å². The highest BCUT2D eigenvalue weighted by molar-refractivity contribution is 6.00. The SMILES string of the molecule is CO/N=C(\CCC(=O)O)c1nc2ccccc2n([C@@H]2C[C@@H]3CCC[C@H]2N3C2CCCCCCCC2)c1=O. The molecule has 0 amide bonds. The van der Waals surface area contributed by atoms with Crippen molar-refractivity contribution in [1.82, 2.24) is 14.5 Å². The third-order valence-corrected chi connectivity index (χ3v) is 8.72. The average molecular weight is 509 g/mol. The molecule has 37 heavy (non-hydrogen) atoms. The molecule has 200 valence electrons. The fourth-order valence-electron chi connectivity index (χ4n) is 7.17. The predicted molar refractivity (Wildman–Crippen MR) is 144 cm³/mol. The zero-order chi connectivity index (χ0) is 25.8. The molecular weight excluding hydrogens is 468 g/mol. The Morgan fingerprint density at radius 1 is 0.973 bits per heavy atom. The lowest BCUT2D eigenvalue weighted by Crippen LogP contribution is -2.48. The molecule has 3 heterocycles. The van der Waals surface area contributed by atoms with Crippen LogP contribution in [0.5, 0.6) is 0 Å². The Hall–Kier alpha value is -2.74. The van der Waals surface area contributed by atoms with Gasteiger partial charge in [0.25, 0.3) is 5.56 Å². The molecule has 0 spiro atoms. The predicted octanol–water partition coefficient (Wildman–Crippen LogP) is 5.28. The van der Waals surface area contributed by atoms with Crippen molar-refractivity contribution >= 4 is 22.7 Å². The van der Waals surface area contributed by atoms with Crippen LogP contribution in [0.2, 0.25) is 0 Å². The van der Waals surface area contributed by atoms with Gasteiger partial charge in [-0.25, -0.2) is 4.98 Å². The maximum Gasteiger partial charge on any atom is 0.303 e. The van der Waals surface area contributed by atoms with E-state index in [1.54, 1.807) is 0 Å².